The van der Waals surface area contributed by atoms with Crippen LogP contribution in [0, 0.1) is 0 Å². The molecular formula is C21H16N4O2. The lowest BCUT2D eigenvalue weighted by Gasteiger charge is -2.10. The number of hydrogen-bond acceptors (Lipinski definition) is 5. The maximum Gasteiger partial charge on any atom is 0.265 e. The van der Waals surface area contributed by atoms with Crippen molar-refractivity contribution in [3.05, 3.63) is 78.6 Å². The third-order valence-electron chi connectivity index (χ3n) is 4.38. The fourth-order valence-electron chi connectivity index (χ4n) is 3.02. The van der Waals surface area contributed by atoms with Crippen LogP contribution in [0.25, 0.3) is 33.3 Å². The van der Waals surface area contributed by atoms with Crippen molar-refractivity contribution < 1.29 is 9.90 Å². The van der Waals surface area contributed by atoms with E-state index in [-0.39, 0.29) is 5.75 Å². The first-order valence-electron chi connectivity index (χ1n) is 8.32. The monoisotopic (exact) mass is 356 g/mol. The normalized spacial score (nSPS) is 10.7. The number of aromatic nitrogens is 2. The molecule has 0 atom stereocenters. The van der Waals surface area contributed by atoms with Crippen LogP contribution in [0.1, 0.15) is 10.4 Å². The lowest BCUT2D eigenvalue weighted by Crippen LogP contribution is -2.30. The summed E-state index contributed by atoms with van der Waals surface area (Å²) in [6, 6.07) is 18.2. The maximum absolute atomic E-state index is 12.2. The molecule has 0 saturated heterocycles. The zero-order valence-corrected chi connectivity index (χ0v) is 14.3. The number of benzene rings is 2. The second kappa shape index (κ2) is 6.86. The molecule has 0 aliphatic rings. The molecule has 0 unspecified atom stereocenters. The van der Waals surface area contributed by atoms with E-state index in [1.165, 1.54) is 0 Å². The van der Waals surface area contributed by atoms with Gasteiger partial charge in [0.25, 0.3) is 5.91 Å². The highest BCUT2D eigenvalue weighted by molar-refractivity contribution is 6.06. The number of hydrazine groups is 1. The van der Waals surface area contributed by atoms with E-state index in [0.717, 1.165) is 16.7 Å². The molecule has 4 aromatic rings. The summed E-state index contributed by atoms with van der Waals surface area (Å²) in [5.41, 5.74) is 6.38. The van der Waals surface area contributed by atoms with Gasteiger partial charge < -0.3 is 5.11 Å². The number of nitrogens with zero attached hydrogens (tertiary/aromatic N) is 2. The smallest absolute Gasteiger partial charge is 0.265 e. The van der Waals surface area contributed by atoms with E-state index in [9.17, 15) is 9.90 Å². The summed E-state index contributed by atoms with van der Waals surface area (Å²) >= 11 is 0. The van der Waals surface area contributed by atoms with Crippen molar-refractivity contribution in [2.24, 2.45) is 5.84 Å². The zero-order valence-electron chi connectivity index (χ0n) is 14.3. The van der Waals surface area contributed by atoms with Crippen molar-refractivity contribution in [2.75, 3.05) is 0 Å². The van der Waals surface area contributed by atoms with Crippen LogP contribution in [-0.2, 0) is 0 Å². The maximum atomic E-state index is 12.2. The Morgan fingerprint density at radius 2 is 1.74 bits per heavy atom. The first kappa shape index (κ1) is 16.7. The molecule has 4 N–H and O–H groups in total. The van der Waals surface area contributed by atoms with Gasteiger partial charge in [0.2, 0.25) is 0 Å². The number of nitrogen functional groups attached to an aromatic ring is 1. The highest BCUT2D eigenvalue weighted by Crippen LogP contribution is 2.31. The van der Waals surface area contributed by atoms with Gasteiger partial charge in [0.05, 0.1) is 16.8 Å². The number of pyridine rings is 2. The van der Waals surface area contributed by atoms with Crippen molar-refractivity contribution in [3.8, 4) is 28.1 Å². The van der Waals surface area contributed by atoms with E-state index in [4.69, 9.17) is 5.84 Å². The van der Waals surface area contributed by atoms with Crippen molar-refractivity contribution >= 4 is 16.8 Å². The van der Waals surface area contributed by atoms with Crippen LogP contribution in [0.2, 0.25) is 0 Å². The Balaban J connectivity index is 1.81. The van der Waals surface area contributed by atoms with Crippen LogP contribution in [0.5, 0.6) is 5.75 Å². The second-order valence-electron chi connectivity index (χ2n) is 6.02. The van der Waals surface area contributed by atoms with Gasteiger partial charge in [-0.05, 0) is 23.8 Å². The van der Waals surface area contributed by atoms with Gasteiger partial charge in [-0.2, -0.15) is 0 Å². The summed E-state index contributed by atoms with van der Waals surface area (Å²) in [6.45, 7) is 0. The zero-order chi connectivity index (χ0) is 18.8. The Morgan fingerprint density at radius 3 is 2.48 bits per heavy atom. The van der Waals surface area contributed by atoms with Gasteiger partial charge in [-0.15, -0.1) is 0 Å². The average molecular weight is 356 g/mol. The molecule has 4 rings (SSSR count). The Morgan fingerprint density at radius 1 is 1.00 bits per heavy atom. The topological polar surface area (TPSA) is 101 Å². The number of carbonyl (C=O) groups excluding carboxylic acids is 1. The van der Waals surface area contributed by atoms with E-state index in [1.54, 1.807) is 36.7 Å². The molecule has 0 saturated carbocycles. The van der Waals surface area contributed by atoms with Crippen molar-refractivity contribution in [3.63, 3.8) is 0 Å². The highest BCUT2D eigenvalue weighted by atomic mass is 16.3. The number of nitrogens with one attached hydrogen (secondary N) is 1. The molecule has 2 heterocycles. The number of rotatable bonds is 3. The van der Waals surface area contributed by atoms with Crippen molar-refractivity contribution in [2.45, 2.75) is 0 Å². The molecule has 2 aromatic heterocycles. The first-order valence-corrected chi connectivity index (χ1v) is 8.32. The molecule has 0 aliphatic heterocycles. The fourth-order valence-corrected chi connectivity index (χ4v) is 3.02. The number of amides is 1. The molecule has 27 heavy (non-hydrogen) atoms. The minimum absolute atomic E-state index is 0.225. The Bertz CT molecular complexity index is 1140. The Kier molecular flexibility index (Phi) is 4.24. The standard InChI is InChI=1S/C21H16N4O2/c22-25-21(27)16-11-19(24-18-9-10-23-12-17(16)18)14-7-5-13(6-8-14)15-3-1-2-4-20(15)26/h1-12,26H,22H2,(H,25,27). The summed E-state index contributed by atoms with van der Waals surface area (Å²) in [6.07, 6.45) is 3.22. The average Bonchev–Trinajstić information content (AvgIpc) is 2.73. The van der Waals surface area contributed by atoms with Gasteiger partial charge in [-0.1, -0.05) is 42.5 Å². The molecule has 132 valence electrons. The van der Waals surface area contributed by atoms with Crippen LogP contribution < -0.4 is 11.3 Å². The molecule has 0 bridgehead atoms. The molecule has 0 spiro atoms. The largest absolute Gasteiger partial charge is 0.507 e. The Labute approximate surface area is 155 Å². The molecule has 6 nitrogen and oxygen atoms in total. The van der Waals surface area contributed by atoms with Gasteiger partial charge in [0, 0.05) is 28.9 Å². The van der Waals surface area contributed by atoms with E-state index in [2.05, 4.69) is 15.4 Å². The molecule has 0 fully saturated rings. The van der Waals surface area contributed by atoms with Crippen molar-refractivity contribution in [1.82, 2.24) is 15.4 Å². The molecule has 0 aliphatic carbocycles. The summed E-state index contributed by atoms with van der Waals surface area (Å²) in [4.78, 5) is 20.9. The summed E-state index contributed by atoms with van der Waals surface area (Å²) < 4.78 is 0. The van der Waals surface area contributed by atoms with Gasteiger partial charge in [-0.25, -0.2) is 10.8 Å². The number of para-hydroxylation sites is 1. The number of aromatic hydroxyl groups is 1. The molecule has 2 aromatic carbocycles. The quantitative estimate of drug-likeness (QED) is 0.297. The molecule has 0 radical (unpaired) electrons. The van der Waals surface area contributed by atoms with Gasteiger partial charge in [-0.3, -0.25) is 15.2 Å². The van der Waals surface area contributed by atoms with Gasteiger partial charge in [0.15, 0.2) is 0 Å². The van der Waals surface area contributed by atoms with Crippen molar-refractivity contribution in [1.29, 1.82) is 0 Å². The van der Waals surface area contributed by atoms with Crippen LogP contribution in [0.3, 0.4) is 0 Å². The lowest BCUT2D eigenvalue weighted by molar-refractivity contribution is 0.0955. The van der Waals surface area contributed by atoms with Crippen LogP contribution in [-0.4, -0.2) is 21.0 Å². The van der Waals surface area contributed by atoms with Crippen LogP contribution >= 0.6 is 0 Å². The third kappa shape index (κ3) is 3.09. The van der Waals surface area contributed by atoms with Gasteiger partial charge >= 0.3 is 0 Å². The number of nitrogens with two attached hydrogens (primary N) is 1. The predicted octanol–water partition coefficient (Wildman–Crippen LogP) is 3.27. The summed E-state index contributed by atoms with van der Waals surface area (Å²) in [5, 5.41) is 10.7. The molecular weight excluding hydrogens is 340 g/mol. The van der Waals surface area contributed by atoms with Crippen LogP contribution in [0.15, 0.2) is 73.1 Å². The fraction of sp³-hybridized carbons (Fsp3) is 0. The minimum atomic E-state index is -0.400. The van der Waals surface area contributed by atoms with Gasteiger partial charge in [0.1, 0.15) is 5.75 Å². The number of fused-ring (bicyclic) bond motifs is 1. The third-order valence-corrected chi connectivity index (χ3v) is 4.38. The minimum Gasteiger partial charge on any atom is -0.507 e. The SMILES string of the molecule is NNC(=O)c1cc(-c2ccc(-c3ccccc3O)cc2)nc2ccncc12. The molecule has 6 heteroatoms. The van der Waals surface area contributed by atoms with E-state index < -0.39 is 5.91 Å². The number of phenolic OH excluding ortho intramolecular Hbond substituents is 1. The van der Waals surface area contributed by atoms with Crippen LogP contribution in [0.4, 0.5) is 0 Å². The van der Waals surface area contributed by atoms with E-state index in [0.29, 0.717) is 22.2 Å². The summed E-state index contributed by atoms with van der Waals surface area (Å²) in [7, 11) is 0. The number of hydrogen-bond donors (Lipinski definition) is 3. The lowest BCUT2D eigenvalue weighted by atomic mass is 10.0. The highest BCUT2D eigenvalue weighted by Gasteiger charge is 2.13. The summed E-state index contributed by atoms with van der Waals surface area (Å²) in [5.74, 6) is 5.14. The predicted molar refractivity (Wildman–Crippen MR) is 104 cm³/mol. The Hall–Kier alpha value is -3.77. The van der Waals surface area contributed by atoms with E-state index >= 15 is 0 Å². The first-order chi connectivity index (χ1) is 13.2. The molecule has 1 amide bonds. The van der Waals surface area contributed by atoms with E-state index in [1.807, 2.05) is 36.4 Å². The second-order valence-corrected chi connectivity index (χ2v) is 6.02. The number of phenols is 1. The number of carbonyl (C=O) groups is 1.